The molecule has 0 unspecified atom stereocenters. The summed E-state index contributed by atoms with van der Waals surface area (Å²) in [4.78, 5) is 26.3. The van der Waals surface area contributed by atoms with E-state index in [1.807, 2.05) is 54.6 Å². The van der Waals surface area contributed by atoms with Crippen LogP contribution in [0.15, 0.2) is 81.7 Å². The summed E-state index contributed by atoms with van der Waals surface area (Å²) in [6, 6.07) is 18.0. The first-order chi connectivity index (χ1) is 17.4. The highest BCUT2D eigenvalue weighted by molar-refractivity contribution is 6.00. The van der Waals surface area contributed by atoms with Crippen molar-refractivity contribution in [2.45, 2.75) is 40.5 Å². The van der Waals surface area contributed by atoms with Crippen molar-refractivity contribution < 1.29 is 23.6 Å². The largest absolute Gasteiger partial charge is 0.463 e. The van der Waals surface area contributed by atoms with Crippen LogP contribution in [0.3, 0.4) is 0 Å². The lowest BCUT2D eigenvalue weighted by molar-refractivity contribution is -0.139. The molecule has 1 aliphatic heterocycles. The van der Waals surface area contributed by atoms with Crippen molar-refractivity contribution in [3.63, 3.8) is 0 Å². The van der Waals surface area contributed by atoms with E-state index in [0.717, 1.165) is 16.7 Å². The van der Waals surface area contributed by atoms with E-state index in [-0.39, 0.29) is 13.2 Å². The van der Waals surface area contributed by atoms with Crippen molar-refractivity contribution in [2.75, 3.05) is 13.2 Å². The molecular formula is C29H30N2O5. The standard InChI is InChI=1S/C29H30N2O5/c1-6-34-28(32)23-17(3)30-18(4)24(29(33)35-7-2)26(23)25-19(5)36-31-27(25)22-15-13-21(14-16-22)20-11-9-8-10-12-20/h8-16,26,30H,6-7H2,1-5H3. The summed E-state index contributed by atoms with van der Waals surface area (Å²) in [7, 11) is 0. The van der Waals surface area contributed by atoms with E-state index in [4.69, 9.17) is 14.0 Å². The van der Waals surface area contributed by atoms with Crippen molar-refractivity contribution in [1.82, 2.24) is 10.5 Å². The average Bonchev–Trinajstić information content (AvgIpc) is 3.25. The smallest absolute Gasteiger partial charge is 0.336 e. The van der Waals surface area contributed by atoms with Crippen LogP contribution in [0.5, 0.6) is 0 Å². The van der Waals surface area contributed by atoms with Crippen LogP contribution < -0.4 is 5.32 Å². The Labute approximate surface area is 210 Å². The lowest BCUT2D eigenvalue weighted by Crippen LogP contribution is -2.33. The summed E-state index contributed by atoms with van der Waals surface area (Å²) in [5.74, 6) is -1.27. The van der Waals surface area contributed by atoms with Crippen LogP contribution in [-0.2, 0) is 19.1 Å². The second kappa shape index (κ2) is 10.6. The van der Waals surface area contributed by atoms with E-state index in [9.17, 15) is 9.59 Å². The topological polar surface area (TPSA) is 90.7 Å². The third kappa shape index (κ3) is 4.69. The fraction of sp³-hybridized carbons (Fsp3) is 0.276. The number of ether oxygens (including phenoxy) is 2. The van der Waals surface area contributed by atoms with E-state index < -0.39 is 17.9 Å². The quantitative estimate of drug-likeness (QED) is 0.430. The molecule has 7 nitrogen and oxygen atoms in total. The number of benzene rings is 2. The molecule has 1 N–H and O–H groups in total. The summed E-state index contributed by atoms with van der Waals surface area (Å²) >= 11 is 0. The van der Waals surface area contributed by atoms with Gasteiger partial charge in [-0.2, -0.15) is 0 Å². The van der Waals surface area contributed by atoms with E-state index in [0.29, 0.717) is 39.6 Å². The van der Waals surface area contributed by atoms with E-state index in [2.05, 4.69) is 10.5 Å². The number of rotatable bonds is 7. The number of esters is 2. The lowest BCUT2D eigenvalue weighted by atomic mass is 9.78. The summed E-state index contributed by atoms with van der Waals surface area (Å²) in [5, 5.41) is 7.51. The van der Waals surface area contributed by atoms with Gasteiger partial charge in [0.25, 0.3) is 0 Å². The van der Waals surface area contributed by atoms with Gasteiger partial charge in [0.05, 0.1) is 30.3 Å². The molecule has 0 spiro atoms. The van der Waals surface area contributed by atoms with E-state index >= 15 is 0 Å². The minimum atomic E-state index is -0.764. The van der Waals surface area contributed by atoms with Gasteiger partial charge in [-0.1, -0.05) is 59.8 Å². The molecule has 0 fully saturated rings. The Morgan fingerprint density at radius 1 is 0.806 bits per heavy atom. The Balaban J connectivity index is 1.87. The summed E-state index contributed by atoms with van der Waals surface area (Å²) < 4.78 is 16.4. The van der Waals surface area contributed by atoms with E-state index in [1.54, 1.807) is 34.6 Å². The SMILES string of the molecule is CCOC(=O)C1=C(C)NC(C)=C(C(=O)OCC)C1c1c(-c2ccc(-c3ccccc3)cc2)noc1C. The molecule has 0 radical (unpaired) electrons. The van der Waals surface area contributed by atoms with Gasteiger partial charge in [-0.05, 0) is 45.7 Å². The maximum atomic E-state index is 13.2. The minimum absolute atomic E-state index is 0.205. The van der Waals surface area contributed by atoms with Gasteiger partial charge < -0.3 is 19.3 Å². The van der Waals surface area contributed by atoms with Gasteiger partial charge in [-0.3, -0.25) is 0 Å². The molecule has 4 rings (SSSR count). The van der Waals surface area contributed by atoms with Crippen molar-refractivity contribution in [2.24, 2.45) is 0 Å². The van der Waals surface area contributed by atoms with Gasteiger partial charge in [-0.25, -0.2) is 9.59 Å². The summed E-state index contributed by atoms with van der Waals surface area (Å²) in [5.41, 5.74) is 6.04. The van der Waals surface area contributed by atoms with Gasteiger partial charge in [0.2, 0.25) is 0 Å². The van der Waals surface area contributed by atoms with Crippen molar-refractivity contribution >= 4 is 11.9 Å². The lowest BCUT2D eigenvalue weighted by Gasteiger charge is -2.30. The van der Waals surface area contributed by atoms with Gasteiger partial charge >= 0.3 is 11.9 Å². The summed E-state index contributed by atoms with van der Waals surface area (Å²) in [6.07, 6.45) is 0. The van der Waals surface area contributed by atoms with Gasteiger partial charge in [0, 0.05) is 22.5 Å². The number of carbonyl (C=O) groups is 2. The van der Waals surface area contributed by atoms with Crippen LogP contribution in [0.25, 0.3) is 22.4 Å². The predicted molar refractivity (Wildman–Crippen MR) is 137 cm³/mol. The highest BCUT2D eigenvalue weighted by Gasteiger charge is 2.41. The number of allylic oxidation sites excluding steroid dienone is 2. The number of hydrogen-bond donors (Lipinski definition) is 1. The summed E-state index contributed by atoms with van der Waals surface area (Å²) in [6.45, 7) is 9.27. The maximum absolute atomic E-state index is 13.2. The van der Waals surface area contributed by atoms with Crippen molar-refractivity contribution in [1.29, 1.82) is 0 Å². The molecule has 0 saturated heterocycles. The number of aromatic nitrogens is 1. The zero-order chi connectivity index (χ0) is 25.8. The van der Waals surface area contributed by atoms with Crippen LogP contribution in [0.1, 0.15) is 44.9 Å². The van der Waals surface area contributed by atoms with E-state index in [1.165, 1.54) is 0 Å². The zero-order valence-corrected chi connectivity index (χ0v) is 21.2. The second-order valence-corrected chi connectivity index (χ2v) is 8.52. The normalized spacial score (nSPS) is 14.0. The highest BCUT2D eigenvalue weighted by Crippen LogP contribution is 2.44. The molecular weight excluding hydrogens is 456 g/mol. The van der Waals surface area contributed by atoms with Gasteiger partial charge in [-0.15, -0.1) is 0 Å². The molecule has 36 heavy (non-hydrogen) atoms. The van der Waals surface area contributed by atoms with Crippen molar-refractivity contribution in [3.8, 4) is 22.4 Å². The predicted octanol–water partition coefficient (Wildman–Crippen LogP) is 5.68. The van der Waals surface area contributed by atoms with Crippen LogP contribution >= 0.6 is 0 Å². The maximum Gasteiger partial charge on any atom is 0.336 e. The van der Waals surface area contributed by atoms with Crippen LogP contribution in [0.2, 0.25) is 0 Å². The fourth-order valence-electron chi connectivity index (χ4n) is 4.62. The molecule has 0 aliphatic carbocycles. The molecule has 0 atom stereocenters. The third-order valence-electron chi connectivity index (χ3n) is 6.21. The monoisotopic (exact) mass is 486 g/mol. The Bertz CT molecular complexity index is 1290. The number of hydrogen-bond acceptors (Lipinski definition) is 7. The zero-order valence-electron chi connectivity index (χ0n) is 21.2. The Hall–Kier alpha value is -4.13. The molecule has 7 heteroatoms. The van der Waals surface area contributed by atoms with Crippen LogP contribution in [-0.4, -0.2) is 30.3 Å². The Morgan fingerprint density at radius 2 is 1.31 bits per heavy atom. The van der Waals surface area contributed by atoms with Gasteiger partial charge in [0.1, 0.15) is 11.5 Å². The molecule has 0 amide bonds. The van der Waals surface area contributed by atoms with Gasteiger partial charge in [0.15, 0.2) is 0 Å². The molecule has 186 valence electrons. The first kappa shape index (κ1) is 25.0. The number of nitrogens with zero attached hydrogens (tertiary/aromatic N) is 1. The second-order valence-electron chi connectivity index (χ2n) is 8.52. The number of carbonyl (C=O) groups excluding carboxylic acids is 2. The Morgan fingerprint density at radius 3 is 1.83 bits per heavy atom. The number of nitrogens with one attached hydrogen (secondary N) is 1. The molecule has 2 aromatic carbocycles. The Kier molecular flexibility index (Phi) is 7.38. The molecule has 0 saturated carbocycles. The first-order valence-corrected chi connectivity index (χ1v) is 12.0. The number of dihydropyridines is 1. The van der Waals surface area contributed by atoms with Crippen LogP contribution in [0.4, 0.5) is 0 Å². The number of aryl methyl sites for hydroxylation is 1. The molecule has 2 heterocycles. The third-order valence-corrected chi connectivity index (χ3v) is 6.21. The van der Waals surface area contributed by atoms with Crippen molar-refractivity contribution in [3.05, 3.63) is 88.5 Å². The molecule has 0 bridgehead atoms. The molecule has 3 aromatic rings. The minimum Gasteiger partial charge on any atom is -0.463 e. The molecule has 1 aromatic heterocycles. The molecule has 1 aliphatic rings. The van der Waals surface area contributed by atoms with Crippen LogP contribution in [0, 0.1) is 6.92 Å². The highest BCUT2D eigenvalue weighted by atomic mass is 16.5. The fourth-order valence-corrected chi connectivity index (χ4v) is 4.62. The first-order valence-electron chi connectivity index (χ1n) is 12.0. The average molecular weight is 487 g/mol.